The van der Waals surface area contributed by atoms with Crippen LogP contribution in [0.25, 0.3) is 0 Å². The van der Waals surface area contributed by atoms with E-state index >= 15 is 0 Å². The lowest BCUT2D eigenvalue weighted by Crippen LogP contribution is -2.43. The molecule has 0 aromatic heterocycles. The third-order valence-electron chi connectivity index (χ3n) is 3.35. The Morgan fingerprint density at radius 3 is 2.76 bits per heavy atom. The van der Waals surface area contributed by atoms with E-state index < -0.39 is 0 Å². The van der Waals surface area contributed by atoms with Gasteiger partial charge in [0, 0.05) is 19.5 Å². The molecular formula is C13H26N2O2. The molecule has 0 spiro atoms. The minimum absolute atomic E-state index is 0.153. The molecule has 2 unspecified atom stereocenters. The largest absolute Gasteiger partial charge is 0.391 e. The highest BCUT2D eigenvalue weighted by Gasteiger charge is 2.24. The van der Waals surface area contributed by atoms with Crippen LogP contribution in [0.4, 0.5) is 0 Å². The van der Waals surface area contributed by atoms with E-state index in [-0.39, 0.29) is 17.9 Å². The number of β-amino-alcohol motifs (C(OH)–C–C–N with tert-alkyl or cyclic N) is 1. The Bertz CT molecular complexity index is 244. The molecule has 1 fully saturated rings. The van der Waals surface area contributed by atoms with E-state index in [1.54, 1.807) is 4.90 Å². The summed E-state index contributed by atoms with van der Waals surface area (Å²) in [6, 6.07) is 0. The molecule has 2 atom stereocenters. The summed E-state index contributed by atoms with van der Waals surface area (Å²) in [7, 11) is 0. The fourth-order valence-corrected chi connectivity index (χ4v) is 2.49. The van der Waals surface area contributed by atoms with Crippen LogP contribution in [0, 0.1) is 11.8 Å². The van der Waals surface area contributed by atoms with Crippen molar-refractivity contribution in [1.82, 2.24) is 4.90 Å². The summed E-state index contributed by atoms with van der Waals surface area (Å²) in [4.78, 5) is 13.8. The van der Waals surface area contributed by atoms with Gasteiger partial charge in [-0.1, -0.05) is 13.8 Å². The van der Waals surface area contributed by atoms with Crippen molar-refractivity contribution < 1.29 is 9.90 Å². The van der Waals surface area contributed by atoms with Crippen molar-refractivity contribution in [2.45, 2.75) is 45.6 Å². The van der Waals surface area contributed by atoms with Gasteiger partial charge in [0.05, 0.1) is 6.10 Å². The zero-order valence-electron chi connectivity index (χ0n) is 11.1. The average molecular weight is 242 g/mol. The first-order valence-corrected chi connectivity index (χ1v) is 6.68. The quantitative estimate of drug-likeness (QED) is 0.755. The zero-order valence-corrected chi connectivity index (χ0v) is 11.1. The number of aliphatic hydroxyl groups is 1. The molecule has 1 aliphatic rings. The van der Waals surface area contributed by atoms with Crippen LogP contribution in [0.1, 0.15) is 39.5 Å². The van der Waals surface area contributed by atoms with Crippen LogP contribution in [0.3, 0.4) is 0 Å². The minimum atomic E-state index is -0.339. The second-order valence-electron chi connectivity index (χ2n) is 5.57. The molecule has 4 nitrogen and oxygen atoms in total. The third kappa shape index (κ3) is 5.04. The van der Waals surface area contributed by atoms with Crippen molar-refractivity contribution in [3.8, 4) is 0 Å². The Hall–Kier alpha value is -0.610. The van der Waals surface area contributed by atoms with E-state index in [4.69, 9.17) is 5.73 Å². The number of amides is 1. The van der Waals surface area contributed by atoms with Crippen LogP contribution in [0.5, 0.6) is 0 Å². The fraction of sp³-hybridized carbons (Fsp3) is 0.923. The molecule has 1 saturated heterocycles. The number of likely N-dealkylation sites (tertiary alicyclic amines) is 1. The summed E-state index contributed by atoms with van der Waals surface area (Å²) < 4.78 is 0. The molecule has 0 bridgehead atoms. The Morgan fingerprint density at radius 1 is 1.53 bits per heavy atom. The highest BCUT2D eigenvalue weighted by molar-refractivity contribution is 5.76. The van der Waals surface area contributed by atoms with Gasteiger partial charge in [0.2, 0.25) is 5.91 Å². The van der Waals surface area contributed by atoms with Crippen molar-refractivity contribution in [3.05, 3.63) is 0 Å². The second kappa shape index (κ2) is 6.97. The molecule has 17 heavy (non-hydrogen) atoms. The van der Waals surface area contributed by atoms with Crippen LogP contribution >= 0.6 is 0 Å². The van der Waals surface area contributed by atoms with Crippen LogP contribution in [0.15, 0.2) is 0 Å². The third-order valence-corrected chi connectivity index (χ3v) is 3.35. The number of rotatable bonds is 5. The number of carbonyl (C=O) groups is 1. The van der Waals surface area contributed by atoms with E-state index in [2.05, 4.69) is 13.8 Å². The van der Waals surface area contributed by atoms with E-state index in [1.807, 2.05) is 0 Å². The number of hydrogen-bond acceptors (Lipinski definition) is 3. The molecule has 0 saturated carbocycles. The lowest BCUT2D eigenvalue weighted by molar-refractivity contribution is -0.135. The predicted octanol–water partition coefficient (Wildman–Crippen LogP) is 0.981. The number of hydrogen-bond donors (Lipinski definition) is 2. The van der Waals surface area contributed by atoms with Crippen LogP contribution in [-0.4, -0.2) is 41.7 Å². The molecule has 0 aliphatic carbocycles. The molecule has 0 aromatic rings. The van der Waals surface area contributed by atoms with E-state index in [1.165, 1.54) is 0 Å². The summed E-state index contributed by atoms with van der Waals surface area (Å²) in [5, 5.41) is 9.55. The lowest BCUT2D eigenvalue weighted by atomic mass is 9.93. The van der Waals surface area contributed by atoms with Gasteiger partial charge in [-0.2, -0.15) is 0 Å². The summed E-state index contributed by atoms with van der Waals surface area (Å²) in [6.07, 6.45) is 2.91. The molecular weight excluding hydrogens is 216 g/mol. The number of carbonyl (C=O) groups excluding carboxylic acids is 1. The van der Waals surface area contributed by atoms with Crippen LogP contribution in [-0.2, 0) is 4.79 Å². The van der Waals surface area contributed by atoms with Gasteiger partial charge in [0.1, 0.15) is 0 Å². The monoisotopic (exact) mass is 242 g/mol. The van der Waals surface area contributed by atoms with Crippen molar-refractivity contribution >= 4 is 5.91 Å². The molecule has 1 aliphatic heterocycles. The van der Waals surface area contributed by atoms with Crippen molar-refractivity contribution in [2.24, 2.45) is 17.6 Å². The van der Waals surface area contributed by atoms with Gasteiger partial charge in [-0.25, -0.2) is 0 Å². The van der Waals surface area contributed by atoms with Gasteiger partial charge in [0.15, 0.2) is 0 Å². The standard InChI is InChI=1S/C13H26N2O2/c1-10(2)6-11(8-14)7-13(17)15-5-3-4-12(16)9-15/h10-12,16H,3-9,14H2,1-2H3. The first-order chi connectivity index (χ1) is 8.02. The van der Waals surface area contributed by atoms with Gasteiger partial charge in [0.25, 0.3) is 0 Å². The normalized spacial score (nSPS) is 22.9. The Balaban J connectivity index is 2.40. The summed E-state index contributed by atoms with van der Waals surface area (Å²) in [6.45, 7) is 6.16. The first-order valence-electron chi connectivity index (χ1n) is 6.68. The number of nitrogens with two attached hydrogens (primary N) is 1. The number of piperidine rings is 1. The van der Waals surface area contributed by atoms with E-state index in [0.717, 1.165) is 25.8 Å². The predicted molar refractivity (Wildman–Crippen MR) is 68.4 cm³/mol. The van der Waals surface area contributed by atoms with Gasteiger partial charge < -0.3 is 15.7 Å². The maximum atomic E-state index is 12.1. The van der Waals surface area contributed by atoms with Crippen molar-refractivity contribution in [1.29, 1.82) is 0 Å². The molecule has 0 aromatic carbocycles. The van der Waals surface area contributed by atoms with Crippen molar-refractivity contribution in [3.63, 3.8) is 0 Å². The average Bonchev–Trinajstić information content (AvgIpc) is 2.27. The molecule has 4 heteroatoms. The number of nitrogens with zero attached hydrogens (tertiary/aromatic N) is 1. The maximum absolute atomic E-state index is 12.1. The van der Waals surface area contributed by atoms with Crippen LogP contribution < -0.4 is 5.73 Å². The molecule has 1 amide bonds. The highest BCUT2D eigenvalue weighted by atomic mass is 16.3. The van der Waals surface area contributed by atoms with Crippen LogP contribution in [0.2, 0.25) is 0 Å². The summed E-state index contributed by atoms with van der Waals surface area (Å²) in [5.41, 5.74) is 5.71. The van der Waals surface area contributed by atoms with E-state index in [0.29, 0.717) is 25.4 Å². The smallest absolute Gasteiger partial charge is 0.222 e. The van der Waals surface area contributed by atoms with Gasteiger partial charge in [-0.3, -0.25) is 4.79 Å². The second-order valence-corrected chi connectivity index (χ2v) is 5.57. The SMILES string of the molecule is CC(C)CC(CN)CC(=O)N1CCCC(O)C1. The van der Waals surface area contributed by atoms with Gasteiger partial charge >= 0.3 is 0 Å². The number of aliphatic hydroxyl groups excluding tert-OH is 1. The minimum Gasteiger partial charge on any atom is -0.391 e. The highest BCUT2D eigenvalue weighted by Crippen LogP contribution is 2.18. The molecule has 100 valence electrons. The summed E-state index contributed by atoms with van der Waals surface area (Å²) in [5.74, 6) is 1.00. The first kappa shape index (κ1) is 14.5. The Labute approximate surface area is 104 Å². The molecule has 3 N–H and O–H groups in total. The fourth-order valence-electron chi connectivity index (χ4n) is 2.49. The Kier molecular flexibility index (Phi) is 5.92. The zero-order chi connectivity index (χ0) is 12.8. The molecule has 1 heterocycles. The summed E-state index contributed by atoms with van der Waals surface area (Å²) >= 11 is 0. The maximum Gasteiger partial charge on any atom is 0.222 e. The molecule has 0 radical (unpaired) electrons. The molecule has 1 rings (SSSR count). The van der Waals surface area contributed by atoms with Gasteiger partial charge in [-0.05, 0) is 37.6 Å². The Morgan fingerprint density at radius 2 is 2.24 bits per heavy atom. The van der Waals surface area contributed by atoms with Gasteiger partial charge in [-0.15, -0.1) is 0 Å². The topological polar surface area (TPSA) is 66.6 Å². The van der Waals surface area contributed by atoms with E-state index in [9.17, 15) is 9.90 Å². The lowest BCUT2D eigenvalue weighted by Gasteiger charge is -2.31. The van der Waals surface area contributed by atoms with Crippen molar-refractivity contribution in [2.75, 3.05) is 19.6 Å².